The topological polar surface area (TPSA) is 130 Å². The number of hydrogen-bond donors (Lipinski definition) is 3. The van der Waals surface area contributed by atoms with Gasteiger partial charge in [-0.3, -0.25) is 24.6 Å². The normalized spacial score (nSPS) is 14.9. The molecule has 0 aliphatic carbocycles. The number of nitriles is 1. The summed E-state index contributed by atoms with van der Waals surface area (Å²) in [6, 6.07) is 25.5. The van der Waals surface area contributed by atoms with E-state index >= 15 is 0 Å². The average molecular weight is 476 g/mol. The quantitative estimate of drug-likeness (QED) is 0.302. The zero-order chi connectivity index (χ0) is 25.1. The van der Waals surface area contributed by atoms with E-state index < -0.39 is 30.4 Å². The smallest absolute Gasteiger partial charge is 0.272 e. The number of benzodiazepines with no additional fused rings is 1. The molecule has 36 heavy (non-hydrogen) atoms. The number of para-hydroxylation sites is 2. The van der Waals surface area contributed by atoms with Crippen molar-refractivity contribution in [3.05, 3.63) is 102 Å². The fraction of sp³-hybridized carbons (Fsp3) is 0.0741. The predicted molar refractivity (Wildman–Crippen MR) is 134 cm³/mol. The molecule has 0 spiro atoms. The van der Waals surface area contributed by atoms with Crippen LogP contribution in [0, 0.1) is 11.5 Å². The molecule has 1 aliphatic heterocycles. The van der Waals surface area contributed by atoms with Gasteiger partial charge in [0.1, 0.15) is 12.2 Å². The second-order valence-electron chi connectivity index (χ2n) is 8.09. The van der Waals surface area contributed by atoms with Crippen LogP contribution in [-0.4, -0.2) is 41.1 Å². The molecule has 9 heteroatoms. The maximum atomic E-state index is 13.7. The molecule has 3 aromatic carbocycles. The van der Waals surface area contributed by atoms with Crippen LogP contribution in [0.2, 0.25) is 0 Å². The Morgan fingerprint density at radius 1 is 1.00 bits per heavy atom. The molecule has 176 valence electrons. The van der Waals surface area contributed by atoms with Crippen molar-refractivity contribution in [1.29, 1.82) is 5.26 Å². The van der Waals surface area contributed by atoms with Crippen molar-refractivity contribution in [2.24, 2.45) is 4.99 Å². The van der Waals surface area contributed by atoms with Crippen LogP contribution in [0.25, 0.3) is 10.9 Å². The van der Waals surface area contributed by atoms with Crippen molar-refractivity contribution in [3.63, 3.8) is 0 Å². The monoisotopic (exact) mass is 476 g/mol. The van der Waals surface area contributed by atoms with Crippen molar-refractivity contribution >= 4 is 40.0 Å². The Bertz CT molecular complexity index is 1520. The zero-order valence-corrected chi connectivity index (χ0v) is 18.9. The number of nitrogens with one attached hydrogen (secondary N) is 3. The van der Waals surface area contributed by atoms with Gasteiger partial charge >= 0.3 is 0 Å². The summed E-state index contributed by atoms with van der Waals surface area (Å²) in [5, 5.41) is 14.5. The molecule has 2 heterocycles. The number of H-pyrrole nitrogens is 1. The molecule has 9 nitrogen and oxygen atoms in total. The number of aromatic amines is 1. The number of carbonyl (C=O) groups is 3. The molecular weight excluding hydrogens is 456 g/mol. The third-order valence-corrected chi connectivity index (χ3v) is 5.79. The lowest BCUT2D eigenvalue weighted by molar-refractivity contribution is -0.124. The van der Waals surface area contributed by atoms with Crippen molar-refractivity contribution in [2.75, 3.05) is 11.4 Å². The maximum absolute atomic E-state index is 13.7. The first kappa shape index (κ1) is 22.6. The summed E-state index contributed by atoms with van der Waals surface area (Å²) in [6.45, 7) is -0.417. The molecule has 4 aromatic rings. The number of rotatable bonds is 5. The van der Waals surface area contributed by atoms with Crippen molar-refractivity contribution < 1.29 is 14.4 Å². The summed E-state index contributed by atoms with van der Waals surface area (Å²) in [4.78, 5) is 48.2. The molecule has 0 saturated carbocycles. The highest BCUT2D eigenvalue weighted by atomic mass is 16.2. The lowest BCUT2D eigenvalue weighted by Gasteiger charge is -2.24. The summed E-state index contributed by atoms with van der Waals surface area (Å²) in [5.41, 5.74) is 3.35. The van der Waals surface area contributed by atoms with Crippen molar-refractivity contribution in [3.8, 4) is 6.19 Å². The maximum Gasteiger partial charge on any atom is 0.272 e. The predicted octanol–water partition coefficient (Wildman–Crippen LogP) is 2.71. The Morgan fingerprint density at radius 3 is 2.50 bits per heavy atom. The number of amides is 3. The molecule has 1 aromatic heterocycles. The van der Waals surface area contributed by atoms with Crippen LogP contribution in [0.5, 0.6) is 0 Å². The van der Waals surface area contributed by atoms with Crippen LogP contribution in [0.15, 0.2) is 89.9 Å². The van der Waals surface area contributed by atoms with Crippen LogP contribution >= 0.6 is 0 Å². The molecule has 1 atom stereocenters. The molecule has 0 unspecified atom stereocenters. The van der Waals surface area contributed by atoms with Crippen LogP contribution in [0.3, 0.4) is 0 Å². The van der Waals surface area contributed by atoms with E-state index in [2.05, 4.69) is 15.3 Å². The van der Waals surface area contributed by atoms with E-state index in [0.717, 1.165) is 16.5 Å². The van der Waals surface area contributed by atoms with Gasteiger partial charge in [0, 0.05) is 22.0 Å². The first-order valence-corrected chi connectivity index (χ1v) is 11.2. The van der Waals surface area contributed by atoms with Gasteiger partial charge in [0.05, 0.1) is 11.4 Å². The summed E-state index contributed by atoms with van der Waals surface area (Å²) in [7, 11) is 0. The molecule has 1 aliphatic rings. The van der Waals surface area contributed by atoms with Gasteiger partial charge in [0.25, 0.3) is 17.7 Å². The minimum atomic E-state index is -1.32. The highest BCUT2D eigenvalue weighted by Crippen LogP contribution is 2.28. The van der Waals surface area contributed by atoms with Gasteiger partial charge in [0.15, 0.2) is 6.19 Å². The van der Waals surface area contributed by atoms with E-state index in [1.807, 2.05) is 59.9 Å². The second-order valence-corrected chi connectivity index (χ2v) is 8.09. The van der Waals surface area contributed by atoms with E-state index in [1.165, 1.54) is 4.90 Å². The van der Waals surface area contributed by atoms with E-state index in [9.17, 15) is 14.4 Å². The summed E-state index contributed by atoms with van der Waals surface area (Å²) < 4.78 is 0. The number of nitrogens with zero attached hydrogens (tertiary/aromatic N) is 3. The molecule has 0 saturated heterocycles. The first-order valence-electron chi connectivity index (χ1n) is 11.2. The van der Waals surface area contributed by atoms with Crippen LogP contribution in [0.4, 0.5) is 5.69 Å². The molecule has 0 radical (unpaired) electrons. The second kappa shape index (κ2) is 9.56. The van der Waals surface area contributed by atoms with Crippen LogP contribution in [0.1, 0.15) is 21.6 Å². The molecule has 0 bridgehead atoms. The molecular formula is C27H20N6O3. The Labute approximate surface area is 206 Å². The molecule has 3 amide bonds. The fourth-order valence-corrected chi connectivity index (χ4v) is 4.16. The minimum absolute atomic E-state index is 0.274. The fourth-order valence-electron chi connectivity index (χ4n) is 4.16. The van der Waals surface area contributed by atoms with Gasteiger partial charge in [0.2, 0.25) is 6.17 Å². The standard InChI is InChI=1S/C27H20N6O3/c28-16-29-23(34)15-33-22-13-7-5-11-19(22)24(17-8-2-1-3-9-17)31-25(27(33)36)32-26(35)21-14-18-10-4-6-12-20(18)30-21/h1-14,25,30H,15H2,(H,29,34)(H,32,35)/t25-/m1/s1. The van der Waals surface area contributed by atoms with Crippen molar-refractivity contribution in [2.45, 2.75) is 6.17 Å². The first-order chi connectivity index (χ1) is 17.5. The van der Waals surface area contributed by atoms with Crippen LogP contribution < -0.4 is 15.5 Å². The molecule has 5 rings (SSSR count). The van der Waals surface area contributed by atoms with Gasteiger partial charge in [-0.15, -0.1) is 0 Å². The highest BCUT2D eigenvalue weighted by Gasteiger charge is 2.34. The number of fused-ring (bicyclic) bond motifs is 2. The van der Waals surface area contributed by atoms with Gasteiger partial charge in [-0.05, 0) is 18.2 Å². The number of carbonyl (C=O) groups excluding carboxylic acids is 3. The molecule has 0 fully saturated rings. The van der Waals surface area contributed by atoms with Gasteiger partial charge in [-0.25, -0.2) is 4.99 Å². The van der Waals surface area contributed by atoms with E-state index in [0.29, 0.717) is 17.0 Å². The van der Waals surface area contributed by atoms with Crippen LogP contribution in [-0.2, 0) is 9.59 Å². The SMILES string of the molecule is N#CNC(=O)CN1C(=O)[C@@H](NC(=O)c2cc3ccccc3[nH]2)N=C(c2ccccc2)c2ccccc21. The number of aliphatic imine (C=N–C) groups is 1. The lowest BCUT2D eigenvalue weighted by Crippen LogP contribution is -2.50. The Morgan fingerprint density at radius 2 is 1.72 bits per heavy atom. The lowest BCUT2D eigenvalue weighted by atomic mass is 10.0. The van der Waals surface area contributed by atoms with Gasteiger partial charge < -0.3 is 10.3 Å². The molecule has 3 N–H and O–H groups in total. The summed E-state index contributed by atoms with van der Waals surface area (Å²) in [5.74, 6) is -1.79. The number of aromatic nitrogens is 1. The Kier molecular flexibility index (Phi) is 5.99. The number of hydrogen-bond acceptors (Lipinski definition) is 5. The number of benzene rings is 3. The summed E-state index contributed by atoms with van der Waals surface area (Å²) >= 11 is 0. The highest BCUT2D eigenvalue weighted by molar-refractivity contribution is 6.21. The van der Waals surface area contributed by atoms with E-state index in [1.54, 1.807) is 36.5 Å². The minimum Gasteiger partial charge on any atom is -0.351 e. The van der Waals surface area contributed by atoms with Gasteiger partial charge in [-0.2, -0.15) is 5.26 Å². The Hall–Kier alpha value is -5.23. The largest absolute Gasteiger partial charge is 0.351 e. The Balaban J connectivity index is 1.58. The summed E-state index contributed by atoms with van der Waals surface area (Å²) in [6.07, 6.45) is 0.266. The zero-order valence-electron chi connectivity index (χ0n) is 18.9. The van der Waals surface area contributed by atoms with E-state index in [4.69, 9.17) is 5.26 Å². The third kappa shape index (κ3) is 4.31. The van der Waals surface area contributed by atoms with Crippen molar-refractivity contribution in [1.82, 2.24) is 15.6 Å². The van der Waals surface area contributed by atoms with Gasteiger partial charge in [-0.1, -0.05) is 66.7 Å². The average Bonchev–Trinajstić information content (AvgIpc) is 3.30. The van der Waals surface area contributed by atoms with E-state index in [-0.39, 0.29) is 5.69 Å². The number of anilines is 1. The third-order valence-electron chi connectivity index (χ3n) is 5.79.